The van der Waals surface area contributed by atoms with E-state index in [1.807, 2.05) is 0 Å². The number of benzene rings is 1. The van der Waals surface area contributed by atoms with Crippen LogP contribution in [0.5, 0.6) is 5.75 Å². The average Bonchev–Trinajstić information content (AvgIpc) is 2.89. The first-order chi connectivity index (χ1) is 17.4. The largest absolute Gasteiger partial charge is 0.503 e. The maximum Gasteiger partial charge on any atom is 0.275 e. The van der Waals surface area contributed by atoms with Gasteiger partial charge in [0.2, 0.25) is 5.43 Å². The summed E-state index contributed by atoms with van der Waals surface area (Å²) in [7, 11) is 0. The van der Waals surface area contributed by atoms with Crippen molar-refractivity contribution < 1.29 is 23.8 Å². The molecule has 5 rings (SSSR count). The van der Waals surface area contributed by atoms with Crippen molar-refractivity contribution >= 4 is 11.8 Å². The fourth-order valence-corrected chi connectivity index (χ4v) is 5.12. The lowest BCUT2D eigenvalue weighted by Crippen LogP contribution is -2.61. The van der Waals surface area contributed by atoms with Crippen molar-refractivity contribution in [3.63, 3.8) is 0 Å². The Morgan fingerprint density at radius 2 is 1.83 bits per heavy atom. The summed E-state index contributed by atoms with van der Waals surface area (Å²) in [5.74, 6) is -2.17. The number of amides is 2. The molecule has 2 aromatic rings. The first kappa shape index (κ1) is 24.4. The summed E-state index contributed by atoms with van der Waals surface area (Å²) in [6.45, 7) is 6.67. The molecule has 1 aromatic heterocycles. The number of carbonyl (C=O) groups is 2. The Kier molecular flexibility index (Phi) is 7.04. The second kappa shape index (κ2) is 10.4. The maximum atomic E-state index is 13.3. The molecule has 0 aliphatic carbocycles. The second-order valence-corrected chi connectivity index (χ2v) is 9.35. The molecule has 11 heteroatoms. The number of aromatic hydroxyl groups is 1. The molecule has 192 valence electrons. The van der Waals surface area contributed by atoms with Gasteiger partial charge in [0.25, 0.3) is 11.8 Å². The molecule has 4 heterocycles. The molecule has 0 spiro atoms. The van der Waals surface area contributed by atoms with Crippen molar-refractivity contribution in [3.8, 4) is 5.75 Å². The fraction of sp³-hybridized carbons (Fsp3) is 0.480. The normalized spacial score (nSPS) is 20.6. The number of pyridine rings is 1. The number of ether oxygens (including phenoxy) is 1. The molecule has 1 atom stereocenters. The molecule has 0 radical (unpaired) electrons. The van der Waals surface area contributed by atoms with Crippen LogP contribution in [0.25, 0.3) is 0 Å². The molecular formula is C25H30FN5O5. The molecule has 2 saturated heterocycles. The number of carbonyl (C=O) groups excluding carboxylic acids is 2. The zero-order valence-corrected chi connectivity index (χ0v) is 20.0. The Bertz CT molecular complexity index is 1190. The van der Waals surface area contributed by atoms with Crippen LogP contribution >= 0.6 is 0 Å². The molecule has 3 aliphatic heterocycles. The highest BCUT2D eigenvalue weighted by Gasteiger charge is 2.40. The van der Waals surface area contributed by atoms with E-state index < -0.39 is 23.0 Å². The molecule has 2 N–H and O–H groups in total. The monoisotopic (exact) mass is 499 g/mol. The van der Waals surface area contributed by atoms with Gasteiger partial charge in [-0.05, 0) is 24.1 Å². The van der Waals surface area contributed by atoms with Gasteiger partial charge in [-0.2, -0.15) is 0 Å². The number of hydrogen-bond acceptors (Lipinski definition) is 7. The molecule has 1 unspecified atom stereocenters. The molecule has 3 aliphatic rings. The van der Waals surface area contributed by atoms with E-state index in [2.05, 4.69) is 15.1 Å². The van der Waals surface area contributed by atoms with Gasteiger partial charge in [0.1, 0.15) is 17.5 Å². The van der Waals surface area contributed by atoms with Crippen molar-refractivity contribution in [2.45, 2.75) is 25.7 Å². The zero-order chi connectivity index (χ0) is 25.2. The van der Waals surface area contributed by atoms with E-state index in [0.29, 0.717) is 18.7 Å². The number of fused-ring (bicyclic) bond motifs is 2. The third kappa shape index (κ3) is 4.86. The summed E-state index contributed by atoms with van der Waals surface area (Å²) in [4.78, 5) is 45.3. The van der Waals surface area contributed by atoms with Crippen molar-refractivity contribution in [2.75, 3.05) is 52.5 Å². The molecule has 2 fully saturated rings. The third-order valence-electron chi connectivity index (χ3n) is 7.12. The van der Waals surface area contributed by atoms with Crippen LogP contribution in [0.15, 0.2) is 35.3 Å². The second-order valence-electron chi connectivity index (χ2n) is 9.35. The highest BCUT2D eigenvalue weighted by molar-refractivity contribution is 5.99. The number of nitrogens with one attached hydrogen (secondary N) is 1. The minimum atomic E-state index is -0.883. The summed E-state index contributed by atoms with van der Waals surface area (Å²) in [6, 6.07) is 5.64. The fourth-order valence-electron chi connectivity index (χ4n) is 5.12. The van der Waals surface area contributed by atoms with Crippen LogP contribution in [0.3, 0.4) is 0 Å². The first-order valence-electron chi connectivity index (χ1n) is 12.3. The lowest BCUT2D eigenvalue weighted by Gasteiger charge is -2.47. The smallest absolute Gasteiger partial charge is 0.275 e. The molecule has 1 aromatic carbocycles. The van der Waals surface area contributed by atoms with E-state index in [1.54, 1.807) is 4.90 Å². The number of hydrogen-bond donors (Lipinski definition) is 2. The third-order valence-corrected chi connectivity index (χ3v) is 7.12. The van der Waals surface area contributed by atoms with Gasteiger partial charge in [-0.1, -0.05) is 12.1 Å². The van der Waals surface area contributed by atoms with Crippen molar-refractivity contribution in [2.24, 2.45) is 0 Å². The molecule has 2 amide bonds. The number of morpholine rings is 1. The van der Waals surface area contributed by atoms with Crippen LogP contribution in [-0.4, -0.2) is 94.8 Å². The first-order valence-corrected chi connectivity index (χ1v) is 12.3. The Morgan fingerprint density at radius 3 is 2.58 bits per heavy atom. The van der Waals surface area contributed by atoms with E-state index in [-0.39, 0.29) is 29.8 Å². The maximum absolute atomic E-state index is 13.3. The predicted molar refractivity (Wildman–Crippen MR) is 128 cm³/mol. The van der Waals surface area contributed by atoms with Gasteiger partial charge in [0.15, 0.2) is 11.4 Å². The molecule has 0 saturated carbocycles. The minimum absolute atomic E-state index is 0.0821. The van der Waals surface area contributed by atoms with Gasteiger partial charge >= 0.3 is 0 Å². The van der Waals surface area contributed by atoms with Gasteiger partial charge in [0, 0.05) is 52.0 Å². The van der Waals surface area contributed by atoms with E-state index >= 15 is 0 Å². The van der Waals surface area contributed by atoms with Crippen LogP contribution in [0.2, 0.25) is 0 Å². The lowest BCUT2D eigenvalue weighted by molar-refractivity contribution is -0.0199. The van der Waals surface area contributed by atoms with E-state index in [9.17, 15) is 23.9 Å². The topological polar surface area (TPSA) is 107 Å². The van der Waals surface area contributed by atoms with Crippen molar-refractivity contribution in [3.05, 3.63) is 63.3 Å². The summed E-state index contributed by atoms with van der Waals surface area (Å²) in [5, 5.41) is 13.3. The van der Waals surface area contributed by atoms with Gasteiger partial charge in [-0.15, -0.1) is 0 Å². The van der Waals surface area contributed by atoms with Crippen LogP contribution < -0.4 is 10.7 Å². The van der Waals surface area contributed by atoms with Gasteiger partial charge < -0.3 is 24.6 Å². The number of rotatable bonds is 6. The highest BCUT2D eigenvalue weighted by Crippen LogP contribution is 2.28. The molecule has 36 heavy (non-hydrogen) atoms. The van der Waals surface area contributed by atoms with Crippen molar-refractivity contribution in [1.82, 2.24) is 24.6 Å². The number of halogens is 1. The molecular weight excluding hydrogens is 469 g/mol. The summed E-state index contributed by atoms with van der Waals surface area (Å²) >= 11 is 0. The lowest BCUT2D eigenvalue weighted by atomic mass is 10.1. The molecule has 0 bridgehead atoms. The number of aromatic nitrogens is 1. The Morgan fingerprint density at radius 1 is 1.08 bits per heavy atom. The summed E-state index contributed by atoms with van der Waals surface area (Å²) in [5.41, 5.74) is -0.543. The Hall–Kier alpha value is -3.28. The average molecular weight is 500 g/mol. The molecule has 10 nitrogen and oxygen atoms in total. The standard InChI is InChI=1S/C25H30FN5O5/c26-18-4-2-17(3-5-18)14-27-24(34)19-15-30-16-20-29(9-8-28-10-12-36-13-11-28)6-1-7-31(20)25(35)21(30)23(33)22(19)32/h2-5,15,20,33H,1,6-14,16H2,(H,27,34). The van der Waals surface area contributed by atoms with E-state index in [1.165, 1.54) is 35.0 Å². The summed E-state index contributed by atoms with van der Waals surface area (Å²) in [6.07, 6.45) is 1.94. The van der Waals surface area contributed by atoms with Crippen LogP contribution in [0.4, 0.5) is 4.39 Å². The number of nitrogens with zero attached hydrogens (tertiary/aromatic N) is 4. The zero-order valence-electron chi connectivity index (χ0n) is 20.0. The SMILES string of the molecule is O=C(NCc1ccc(F)cc1)c1cn2c(c(O)c1=O)C(=O)N1CCCN(CCN3CCOCC3)C1C2. The van der Waals surface area contributed by atoms with E-state index in [0.717, 1.165) is 52.4 Å². The van der Waals surface area contributed by atoms with Gasteiger partial charge in [-0.25, -0.2) is 4.39 Å². The van der Waals surface area contributed by atoms with Crippen LogP contribution in [0, 0.1) is 5.82 Å². The van der Waals surface area contributed by atoms with Crippen LogP contribution in [-0.2, 0) is 17.8 Å². The van der Waals surface area contributed by atoms with Gasteiger partial charge in [0.05, 0.1) is 19.8 Å². The highest BCUT2D eigenvalue weighted by atomic mass is 19.1. The summed E-state index contributed by atoms with van der Waals surface area (Å²) < 4.78 is 20.1. The minimum Gasteiger partial charge on any atom is -0.503 e. The van der Waals surface area contributed by atoms with E-state index in [4.69, 9.17) is 4.74 Å². The predicted octanol–water partition coefficient (Wildman–Crippen LogP) is 0.443. The Balaban J connectivity index is 1.35. The van der Waals surface area contributed by atoms with Crippen molar-refractivity contribution in [1.29, 1.82) is 0 Å². The van der Waals surface area contributed by atoms with Crippen LogP contribution in [0.1, 0.15) is 32.8 Å². The quantitative estimate of drug-likeness (QED) is 0.594. The Labute approximate surface area is 207 Å². The van der Waals surface area contributed by atoms with Gasteiger partial charge in [-0.3, -0.25) is 24.2 Å².